The van der Waals surface area contributed by atoms with E-state index in [1.165, 1.54) is 4.68 Å². The molecular formula is C14H19N5O6. The van der Waals surface area contributed by atoms with Gasteiger partial charge in [-0.1, -0.05) is 12.1 Å². The highest BCUT2D eigenvalue weighted by Crippen LogP contribution is 2.32. The monoisotopic (exact) mass is 353 g/mol. The van der Waals surface area contributed by atoms with Crippen LogP contribution in [-0.4, -0.2) is 65.2 Å². The number of aliphatic hydroxyl groups is 3. The molecule has 11 nitrogen and oxygen atoms in total. The van der Waals surface area contributed by atoms with Crippen molar-refractivity contribution in [2.45, 2.75) is 44.3 Å². The molecule has 0 radical (unpaired) electrons. The van der Waals surface area contributed by atoms with E-state index in [-0.39, 0.29) is 17.8 Å². The molecule has 0 aromatic carbocycles. The number of aliphatic hydroxyl groups excluding tert-OH is 3. The Hall–Kier alpha value is -2.34. The van der Waals surface area contributed by atoms with E-state index < -0.39 is 42.3 Å². The first-order valence-corrected chi connectivity index (χ1v) is 7.81. The number of H-pyrrole nitrogens is 2. The van der Waals surface area contributed by atoms with Gasteiger partial charge in [0, 0.05) is 6.20 Å². The number of hydrogen-bond acceptors (Lipinski definition) is 8. The lowest BCUT2D eigenvalue weighted by Gasteiger charge is -2.17. The SMILES string of the molecule is CCc1cn(Cc2[nH]c(=O)[nH]c(=O)c2[C@@H]2O[C@H](CO)C(O)C2O)nn1. The van der Waals surface area contributed by atoms with Gasteiger partial charge in [-0.05, 0) is 6.42 Å². The van der Waals surface area contributed by atoms with E-state index in [0.29, 0.717) is 6.42 Å². The molecule has 11 heteroatoms. The molecule has 0 spiro atoms. The van der Waals surface area contributed by atoms with Gasteiger partial charge in [0.05, 0.1) is 30.1 Å². The summed E-state index contributed by atoms with van der Waals surface area (Å²) in [5.74, 6) is 0. The average molecular weight is 353 g/mol. The maximum atomic E-state index is 12.3. The fraction of sp³-hybridized carbons (Fsp3) is 0.571. The zero-order valence-electron chi connectivity index (χ0n) is 13.4. The van der Waals surface area contributed by atoms with Crippen molar-refractivity contribution in [3.8, 4) is 0 Å². The second-order valence-corrected chi connectivity index (χ2v) is 5.82. The largest absolute Gasteiger partial charge is 0.394 e. The standard InChI is InChI=1S/C14H19N5O6/c1-2-6-3-19(18-17-6)4-7-9(13(23)16-14(24)15-7)12-11(22)10(21)8(5-20)25-12/h3,8,10-12,20-22H,2,4-5H2,1H3,(H2,15,16,23,24)/t8-,10?,11?,12+/m1/s1. The van der Waals surface area contributed by atoms with Crippen molar-refractivity contribution in [3.63, 3.8) is 0 Å². The highest BCUT2D eigenvalue weighted by atomic mass is 16.6. The predicted molar refractivity (Wildman–Crippen MR) is 82.9 cm³/mol. The van der Waals surface area contributed by atoms with Crippen LogP contribution in [0.25, 0.3) is 0 Å². The third-order valence-electron chi connectivity index (χ3n) is 4.16. The molecule has 1 fully saturated rings. The van der Waals surface area contributed by atoms with E-state index in [0.717, 1.165) is 5.69 Å². The minimum atomic E-state index is -1.43. The molecule has 2 aromatic rings. The van der Waals surface area contributed by atoms with Crippen LogP contribution in [0.5, 0.6) is 0 Å². The lowest BCUT2D eigenvalue weighted by Crippen LogP contribution is -2.35. The summed E-state index contributed by atoms with van der Waals surface area (Å²) in [6.07, 6.45) is -2.67. The molecule has 4 atom stereocenters. The number of nitrogens with zero attached hydrogens (tertiary/aromatic N) is 3. The third-order valence-corrected chi connectivity index (χ3v) is 4.16. The number of aromatic amines is 2. The lowest BCUT2D eigenvalue weighted by atomic mass is 10.0. The van der Waals surface area contributed by atoms with Gasteiger partial charge in [-0.3, -0.25) is 9.78 Å². The molecule has 1 aliphatic heterocycles. The number of aromatic nitrogens is 5. The summed E-state index contributed by atoms with van der Waals surface area (Å²) in [5.41, 5.74) is -0.579. The van der Waals surface area contributed by atoms with Gasteiger partial charge in [-0.25, -0.2) is 9.48 Å². The highest BCUT2D eigenvalue weighted by Gasteiger charge is 2.45. The smallest absolute Gasteiger partial charge is 0.325 e. The first kappa shape index (κ1) is 17.5. The normalized spacial score (nSPS) is 26.2. The summed E-state index contributed by atoms with van der Waals surface area (Å²) >= 11 is 0. The number of nitrogens with one attached hydrogen (secondary N) is 2. The molecule has 1 aliphatic rings. The van der Waals surface area contributed by atoms with Crippen molar-refractivity contribution >= 4 is 0 Å². The number of rotatable bonds is 5. The van der Waals surface area contributed by atoms with Crippen molar-refractivity contribution in [2.75, 3.05) is 6.61 Å². The van der Waals surface area contributed by atoms with Crippen LogP contribution in [-0.2, 0) is 17.7 Å². The Labute approximate surface area is 140 Å². The number of ether oxygens (including phenoxy) is 1. The quantitative estimate of drug-likeness (QED) is 0.391. The van der Waals surface area contributed by atoms with E-state index in [9.17, 15) is 24.9 Å². The topological polar surface area (TPSA) is 166 Å². The van der Waals surface area contributed by atoms with Gasteiger partial charge < -0.3 is 25.0 Å². The number of aryl methyl sites for hydroxylation is 1. The Morgan fingerprint density at radius 2 is 2.04 bits per heavy atom. The van der Waals surface area contributed by atoms with Crippen molar-refractivity contribution < 1.29 is 20.1 Å². The molecule has 3 rings (SSSR count). The molecule has 2 unspecified atom stereocenters. The van der Waals surface area contributed by atoms with Gasteiger partial charge in [0.15, 0.2) is 0 Å². The maximum Gasteiger partial charge on any atom is 0.325 e. The van der Waals surface area contributed by atoms with Gasteiger partial charge in [-0.15, -0.1) is 5.10 Å². The summed E-state index contributed by atoms with van der Waals surface area (Å²) in [7, 11) is 0. The van der Waals surface area contributed by atoms with Crippen LogP contribution in [0.1, 0.15) is 30.0 Å². The molecule has 0 bridgehead atoms. The second kappa shape index (κ2) is 6.88. The fourth-order valence-electron chi connectivity index (χ4n) is 2.85. The van der Waals surface area contributed by atoms with E-state index in [1.54, 1.807) is 6.20 Å². The van der Waals surface area contributed by atoms with Crippen LogP contribution in [0.3, 0.4) is 0 Å². The molecular weight excluding hydrogens is 334 g/mol. The Bertz CT molecular complexity index is 858. The van der Waals surface area contributed by atoms with Gasteiger partial charge >= 0.3 is 5.69 Å². The van der Waals surface area contributed by atoms with E-state index in [4.69, 9.17) is 4.74 Å². The predicted octanol–water partition coefficient (Wildman–Crippen LogP) is -2.58. The molecule has 3 heterocycles. The van der Waals surface area contributed by atoms with Crippen LogP contribution in [0.2, 0.25) is 0 Å². The van der Waals surface area contributed by atoms with E-state index >= 15 is 0 Å². The van der Waals surface area contributed by atoms with Crippen LogP contribution < -0.4 is 11.2 Å². The molecule has 0 saturated carbocycles. The highest BCUT2D eigenvalue weighted by molar-refractivity contribution is 5.23. The van der Waals surface area contributed by atoms with Crippen molar-refractivity contribution in [1.82, 2.24) is 25.0 Å². The summed E-state index contributed by atoms with van der Waals surface area (Å²) in [4.78, 5) is 28.5. The fourth-order valence-corrected chi connectivity index (χ4v) is 2.85. The zero-order chi connectivity index (χ0) is 18.1. The summed E-state index contributed by atoms with van der Waals surface area (Å²) in [5, 5.41) is 37.1. The van der Waals surface area contributed by atoms with Gasteiger partial charge in [-0.2, -0.15) is 0 Å². The molecule has 1 saturated heterocycles. The molecule has 136 valence electrons. The molecule has 25 heavy (non-hydrogen) atoms. The second-order valence-electron chi connectivity index (χ2n) is 5.82. The van der Waals surface area contributed by atoms with Crippen LogP contribution >= 0.6 is 0 Å². The Kier molecular flexibility index (Phi) is 4.81. The first-order valence-electron chi connectivity index (χ1n) is 7.81. The maximum absolute atomic E-state index is 12.3. The Balaban J connectivity index is 2.01. The molecule has 0 amide bonds. The summed E-state index contributed by atoms with van der Waals surface area (Å²) in [6, 6.07) is 0. The summed E-state index contributed by atoms with van der Waals surface area (Å²) in [6.45, 7) is 1.41. The summed E-state index contributed by atoms with van der Waals surface area (Å²) < 4.78 is 6.85. The Morgan fingerprint density at radius 1 is 1.28 bits per heavy atom. The first-order chi connectivity index (χ1) is 11.9. The molecule has 2 aromatic heterocycles. The van der Waals surface area contributed by atoms with E-state index in [2.05, 4.69) is 20.3 Å². The third kappa shape index (κ3) is 3.26. The number of hydrogen-bond donors (Lipinski definition) is 5. The van der Waals surface area contributed by atoms with Crippen LogP contribution in [0.15, 0.2) is 15.8 Å². The minimum Gasteiger partial charge on any atom is -0.394 e. The molecule has 0 aliphatic carbocycles. The minimum absolute atomic E-state index is 0.0218. The van der Waals surface area contributed by atoms with Crippen LogP contribution in [0, 0.1) is 0 Å². The average Bonchev–Trinajstić information content (AvgIpc) is 3.13. The Morgan fingerprint density at radius 3 is 2.64 bits per heavy atom. The van der Waals surface area contributed by atoms with Gasteiger partial charge in [0.2, 0.25) is 0 Å². The van der Waals surface area contributed by atoms with Crippen molar-refractivity contribution in [1.29, 1.82) is 0 Å². The lowest BCUT2D eigenvalue weighted by molar-refractivity contribution is -0.0235. The van der Waals surface area contributed by atoms with Crippen molar-refractivity contribution in [2.24, 2.45) is 0 Å². The van der Waals surface area contributed by atoms with Gasteiger partial charge in [0.25, 0.3) is 5.56 Å². The van der Waals surface area contributed by atoms with Crippen LogP contribution in [0.4, 0.5) is 0 Å². The zero-order valence-corrected chi connectivity index (χ0v) is 13.4. The van der Waals surface area contributed by atoms with Crippen molar-refractivity contribution in [3.05, 3.63) is 44.0 Å². The van der Waals surface area contributed by atoms with E-state index in [1.807, 2.05) is 6.92 Å². The van der Waals surface area contributed by atoms with Gasteiger partial charge in [0.1, 0.15) is 24.4 Å². The molecule has 5 N–H and O–H groups in total.